The number of rotatable bonds is 1. The molecule has 22 heavy (non-hydrogen) atoms. The average molecular weight is 302 g/mol. The molecule has 0 unspecified atom stereocenters. The molecule has 0 heterocycles. The smallest absolute Gasteiger partial charge is 0.133 e. The Hall–Kier alpha value is -0.630. The molecule has 3 fully saturated rings. The molecule has 0 aromatic carbocycles. The molecule has 4 aliphatic carbocycles. The van der Waals surface area contributed by atoms with Crippen molar-refractivity contribution in [1.82, 2.24) is 0 Å². The Morgan fingerprint density at radius 2 is 1.95 bits per heavy atom. The number of hydrogen-bond donors (Lipinski definition) is 0. The van der Waals surface area contributed by atoms with Gasteiger partial charge in [-0.1, -0.05) is 25.5 Å². The third-order valence-electron chi connectivity index (χ3n) is 7.96. The van der Waals surface area contributed by atoms with Crippen LogP contribution in [-0.4, -0.2) is 19.0 Å². The first-order valence-corrected chi connectivity index (χ1v) is 9.20. The van der Waals surface area contributed by atoms with Crippen LogP contribution in [0.3, 0.4) is 0 Å². The SMILES string of the molecule is CO[C@@H]1CC[C@@]2(C)C(=CC[C@H]3[C@@H]4CC(=O)C[C@@]4(C)CC[C@@H]32)C1. The lowest BCUT2D eigenvalue weighted by molar-refractivity contribution is -0.118. The summed E-state index contributed by atoms with van der Waals surface area (Å²) < 4.78 is 5.64. The Morgan fingerprint density at radius 3 is 2.73 bits per heavy atom. The van der Waals surface area contributed by atoms with Crippen molar-refractivity contribution in [3.05, 3.63) is 11.6 Å². The number of carbonyl (C=O) groups excluding carboxylic acids is 1. The Bertz CT molecular complexity index is 522. The highest BCUT2D eigenvalue weighted by Gasteiger charge is 2.57. The maximum absolute atomic E-state index is 12.1. The van der Waals surface area contributed by atoms with E-state index in [9.17, 15) is 4.79 Å². The van der Waals surface area contributed by atoms with E-state index in [4.69, 9.17) is 4.74 Å². The molecule has 122 valence electrons. The quantitative estimate of drug-likeness (QED) is 0.665. The van der Waals surface area contributed by atoms with Crippen molar-refractivity contribution in [1.29, 1.82) is 0 Å². The number of Topliss-reactive ketones (excluding diaryl/α,β-unsaturated/α-hetero) is 1. The van der Waals surface area contributed by atoms with Gasteiger partial charge in [0.15, 0.2) is 0 Å². The van der Waals surface area contributed by atoms with E-state index in [1.54, 1.807) is 5.57 Å². The van der Waals surface area contributed by atoms with Gasteiger partial charge in [0.2, 0.25) is 0 Å². The summed E-state index contributed by atoms with van der Waals surface area (Å²) in [7, 11) is 1.86. The first kappa shape index (κ1) is 14.9. The second-order valence-corrected chi connectivity index (χ2v) is 8.97. The number of ketones is 1. The van der Waals surface area contributed by atoms with Crippen LogP contribution in [0.25, 0.3) is 0 Å². The minimum absolute atomic E-state index is 0.309. The second kappa shape index (κ2) is 4.93. The van der Waals surface area contributed by atoms with Gasteiger partial charge in [0.25, 0.3) is 0 Å². The summed E-state index contributed by atoms with van der Waals surface area (Å²) in [6, 6.07) is 0. The number of methoxy groups -OCH3 is 1. The van der Waals surface area contributed by atoms with Gasteiger partial charge in [0.05, 0.1) is 6.10 Å². The zero-order valence-corrected chi connectivity index (χ0v) is 14.4. The number of allylic oxidation sites excluding steroid dienone is 1. The summed E-state index contributed by atoms with van der Waals surface area (Å²) in [5.74, 6) is 2.72. The second-order valence-electron chi connectivity index (χ2n) is 8.97. The predicted molar refractivity (Wildman–Crippen MR) is 87.5 cm³/mol. The average Bonchev–Trinajstić information content (AvgIpc) is 2.80. The first-order valence-electron chi connectivity index (χ1n) is 9.20. The van der Waals surface area contributed by atoms with Crippen molar-refractivity contribution in [2.24, 2.45) is 28.6 Å². The number of carbonyl (C=O) groups is 1. The molecule has 6 atom stereocenters. The fraction of sp³-hybridized carbons (Fsp3) is 0.850. The van der Waals surface area contributed by atoms with Gasteiger partial charge in [-0.3, -0.25) is 4.79 Å². The number of hydrogen-bond acceptors (Lipinski definition) is 2. The van der Waals surface area contributed by atoms with Crippen molar-refractivity contribution in [2.75, 3.05) is 7.11 Å². The molecule has 0 amide bonds. The molecule has 0 aromatic rings. The molecule has 0 aliphatic heterocycles. The molecular weight excluding hydrogens is 272 g/mol. The van der Waals surface area contributed by atoms with Gasteiger partial charge in [0.1, 0.15) is 5.78 Å². The van der Waals surface area contributed by atoms with Crippen molar-refractivity contribution in [3.8, 4) is 0 Å². The van der Waals surface area contributed by atoms with Gasteiger partial charge in [0, 0.05) is 20.0 Å². The lowest BCUT2D eigenvalue weighted by Gasteiger charge is -2.57. The van der Waals surface area contributed by atoms with Crippen LogP contribution < -0.4 is 0 Å². The van der Waals surface area contributed by atoms with E-state index in [0.717, 1.165) is 31.1 Å². The van der Waals surface area contributed by atoms with Crippen LogP contribution >= 0.6 is 0 Å². The molecule has 0 N–H and O–H groups in total. The van der Waals surface area contributed by atoms with Crippen LogP contribution in [0, 0.1) is 28.6 Å². The Balaban J connectivity index is 1.65. The lowest BCUT2D eigenvalue weighted by atomic mass is 9.48. The molecule has 0 bridgehead atoms. The molecule has 0 saturated heterocycles. The van der Waals surface area contributed by atoms with Crippen molar-refractivity contribution in [2.45, 2.75) is 71.3 Å². The predicted octanol–water partition coefficient (Wildman–Crippen LogP) is 4.53. The molecule has 0 aromatic heterocycles. The molecule has 2 nitrogen and oxygen atoms in total. The summed E-state index contributed by atoms with van der Waals surface area (Å²) in [6.07, 6.45) is 12.1. The minimum Gasteiger partial charge on any atom is -0.381 e. The minimum atomic E-state index is 0.309. The topological polar surface area (TPSA) is 26.3 Å². The zero-order valence-electron chi connectivity index (χ0n) is 14.4. The van der Waals surface area contributed by atoms with Gasteiger partial charge in [-0.15, -0.1) is 0 Å². The van der Waals surface area contributed by atoms with Gasteiger partial charge in [-0.2, -0.15) is 0 Å². The van der Waals surface area contributed by atoms with Crippen LogP contribution in [0.2, 0.25) is 0 Å². The highest BCUT2D eigenvalue weighted by Crippen LogP contribution is 2.64. The highest BCUT2D eigenvalue weighted by molar-refractivity contribution is 5.82. The molecule has 2 heteroatoms. The fourth-order valence-electron chi connectivity index (χ4n) is 6.61. The van der Waals surface area contributed by atoms with Crippen LogP contribution in [0.4, 0.5) is 0 Å². The largest absolute Gasteiger partial charge is 0.381 e. The van der Waals surface area contributed by atoms with E-state index in [0.29, 0.717) is 28.6 Å². The van der Waals surface area contributed by atoms with Gasteiger partial charge < -0.3 is 4.74 Å². The summed E-state index contributed by atoms with van der Waals surface area (Å²) in [6.45, 7) is 4.91. The summed E-state index contributed by atoms with van der Waals surface area (Å²) in [5.41, 5.74) is 2.36. The Labute approximate surface area is 134 Å². The summed E-state index contributed by atoms with van der Waals surface area (Å²) >= 11 is 0. The maximum atomic E-state index is 12.1. The molecule has 3 saturated carbocycles. The van der Waals surface area contributed by atoms with Crippen molar-refractivity contribution in [3.63, 3.8) is 0 Å². The van der Waals surface area contributed by atoms with Gasteiger partial charge in [-0.25, -0.2) is 0 Å². The summed E-state index contributed by atoms with van der Waals surface area (Å²) in [5, 5.41) is 0. The first-order chi connectivity index (χ1) is 10.5. The molecular formula is C20H30O2. The number of fused-ring (bicyclic) bond motifs is 5. The Kier molecular flexibility index (Phi) is 3.35. The van der Waals surface area contributed by atoms with Crippen molar-refractivity contribution >= 4 is 5.78 Å². The van der Waals surface area contributed by atoms with E-state index in [1.807, 2.05) is 7.11 Å². The molecule has 4 rings (SSSR count). The molecule has 0 radical (unpaired) electrons. The van der Waals surface area contributed by atoms with Gasteiger partial charge >= 0.3 is 0 Å². The maximum Gasteiger partial charge on any atom is 0.133 e. The standard InChI is InChI=1S/C20H30O2/c1-19-8-7-17-16(18(19)11-14(21)12-19)5-4-13-10-15(22-3)6-9-20(13,17)2/h4,15-18H,5-12H2,1-3H3/t15-,16-,17+,18+,19-,20+/m1/s1. The third-order valence-corrected chi connectivity index (χ3v) is 7.96. The molecule has 4 aliphatic rings. The Morgan fingerprint density at radius 1 is 1.14 bits per heavy atom. The fourth-order valence-corrected chi connectivity index (χ4v) is 6.61. The van der Waals surface area contributed by atoms with Crippen LogP contribution in [0.15, 0.2) is 11.6 Å². The zero-order chi connectivity index (χ0) is 15.5. The highest BCUT2D eigenvalue weighted by atomic mass is 16.5. The van der Waals surface area contributed by atoms with E-state index in [1.165, 1.54) is 32.1 Å². The number of ether oxygens (including phenoxy) is 1. The monoisotopic (exact) mass is 302 g/mol. The lowest BCUT2D eigenvalue weighted by Crippen LogP contribution is -2.49. The van der Waals surface area contributed by atoms with Crippen LogP contribution in [0.5, 0.6) is 0 Å². The molecule has 0 spiro atoms. The van der Waals surface area contributed by atoms with Gasteiger partial charge in [-0.05, 0) is 67.1 Å². The van der Waals surface area contributed by atoms with E-state index in [-0.39, 0.29) is 0 Å². The van der Waals surface area contributed by atoms with E-state index in [2.05, 4.69) is 19.9 Å². The normalized spacial score (nSPS) is 50.9. The van der Waals surface area contributed by atoms with Crippen LogP contribution in [-0.2, 0) is 9.53 Å². The van der Waals surface area contributed by atoms with Crippen molar-refractivity contribution < 1.29 is 9.53 Å². The third kappa shape index (κ3) is 1.99. The van der Waals surface area contributed by atoms with E-state index < -0.39 is 0 Å². The summed E-state index contributed by atoms with van der Waals surface area (Å²) in [4.78, 5) is 12.1. The van der Waals surface area contributed by atoms with Crippen LogP contribution in [0.1, 0.15) is 65.2 Å². The van der Waals surface area contributed by atoms with E-state index >= 15 is 0 Å².